The summed E-state index contributed by atoms with van der Waals surface area (Å²) in [4.78, 5) is 10.5. The Hall–Kier alpha value is -2.63. The molecule has 1 aliphatic rings. The number of fused-ring (bicyclic) bond motifs is 1. The Morgan fingerprint density at radius 1 is 1.07 bits per heavy atom. The van der Waals surface area contributed by atoms with Gasteiger partial charge in [-0.15, -0.1) is 0 Å². The van der Waals surface area contributed by atoms with Crippen molar-refractivity contribution in [3.8, 4) is 0 Å². The summed E-state index contributed by atoms with van der Waals surface area (Å²) in [6.45, 7) is 0.0450. The van der Waals surface area contributed by atoms with Crippen molar-refractivity contribution in [2.75, 3.05) is 21.7 Å². The van der Waals surface area contributed by atoms with Crippen LogP contribution in [0.1, 0.15) is 6.42 Å². The predicted molar refractivity (Wildman–Crippen MR) is 95.7 cm³/mol. The molecule has 27 heavy (non-hydrogen) atoms. The number of hydrogen-bond donors (Lipinski definition) is 4. The van der Waals surface area contributed by atoms with Gasteiger partial charge in [0, 0.05) is 25.2 Å². The molecule has 0 saturated heterocycles. The molecular weight excluding hydrogens is 387 g/mol. The lowest BCUT2D eigenvalue weighted by Crippen LogP contribution is -2.34. The van der Waals surface area contributed by atoms with Crippen LogP contribution in [0.5, 0.6) is 0 Å². The van der Waals surface area contributed by atoms with Crippen LogP contribution in [0.2, 0.25) is 0 Å². The fourth-order valence-electron chi connectivity index (χ4n) is 2.84. The summed E-state index contributed by atoms with van der Waals surface area (Å²) in [5.74, 6) is -3.69. The zero-order valence-corrected chi connectivity index (χ0v) is 14.6. The molecule has 0 bridgehead atoms. The van der Waals surface area contributed by atoms with Crippen LogP contribution in [0.15, 0.2) is 36.4 Å². The van der Waals surface area contributed by atoms with Gasteiger partial charge in [-0.1, -0.05) is 12.1 Å². The van der Waals surface area contributed by atoms with Crippen LogP contribution >= 0.6 is 11.0 Å². The van der Waals surface area contributed by atoms with Crippen molar-refractivity contribution in [3.63, 3.8) is 0 Å². The fourth-order valence-corrected chi connectivity index (χ4v) is 4.67. The highest BCUT2D eigenvalue weighted by Gasteiger charge is 2.43. The van der Waals surface area contributed by atoms with Crippen molar-refractivity contribution in [2.45, 2.75) is 6.42 Å². The fraction of sp³-hybridized carbons (Fsp3) is 0.188. The molecule has 4 N–H and O–H groups in total. The van der Waals surface area contributed by atoms with Crippen molar-refractivity contribution < 1.29 is 32.2 Å². The topological polar surface area (TPSA) is 96.3 Å². The summed E-state index contributed by atoms with van der Waals surface area (Å²) >= 11 is 0. The molecular formula is C16H16F3N3O4S. The van der Waals surface area contributed by atoms with Crippen LogP contribution in [-0.2, 0) is 0 Å². The molecule has 0 spiro atoms. The highest BCUT2D eigenvalue weighted by atomic mass is 32.3. The highest BCUT2D eigenvalue weighted by Crippen LogP contribution is 2.64. The summed E-state index contributed by atoms with van der Waals surface area (Å²) in [7, 11) is -3.91. The van der Waals surface area contributed by atoms with Gasteiger partial charge in [0.2, 0.25) is 0 Å². The number of benzene rings is 2. The number of nitrogens with zero attached hydrogens (tertiary/aromatic N) is 2. The number of carboxylic acid groups (broad SMARTS) is 1. The minimum Gasteiger partial charge on any atom is -0.465 e. The second-order valence-electron chi connectivity index (χ2n) is 5.68. The molecule has 1 amide bonds. The van der Waals surface area contributed by atoms with Crippen LogP contribution < -0.4 is 13.9 Å². The average molecular weight is 403 g/mol. The molecule has 1 heterocycles. The normalized spacial score (nSPS) is 16.2. The summed E-state index contributed by atoms with van der Waals surface area (Å²) in [5, 5.41) is 10.7. The van der Waals surface area contributed by atoms with Crippen LogP contribution in [0.4, 0.5) is 35.0 Å². The number of hydrogen-bond acceptors (Lipinski definition) is 5. The van der Waals surface area contributed by atoms with Crippen molar-refractivity contribution in [1.82, 2.24) is 5.32 Å². The van der Waals surface area contributed by atoms with Crippen molar-refractivity contribution in [3.05, 3.63) is 53.8 Å². The Morgan fingerprint density at radius 3 is 2.26 bits per heavy atom. The maximum absolute atomic E-state index is 14.3. The Kier molecular flexibility index (Phi) is 5.09. The number of nitrogens with one attached hydrogen (secondary N) is 1. The third-order valence-corrected chi connectivity index (χ3v) is 5.75. The summed E-state index contributed by atoms with van der Waals surface area (Å²) in [6.07, 6.45) is -1.01. The van der Waals surface area contributed by atoms with Crippen molar-refractivity contribution >= 4 is 34.1 Å². The van der Waals surface area contributed by atoms with E-state index in [1.54, 1.807) is 12.1 Å². The SMILES string of the molecule is O=C(O)NCCCN1c2ccccc2N(c2c(F)cc(F)cc2F)S1(O)O. The van der Waals surface area contributed by atoms with Gasteiger partial charge < -0.3 is 10.4 Å². The zero-order chi connectivity index (χ0) is 19.8. The first-order valence-corrected chi connectivity index (χ1v) is 9.26. The van der Waals surface area contributed by atoms with Crippen LogP contribution in [0.3, 0.4) is 0 Å². The standard InChI is InChI=1S/C16H16F3N3O4S/c17-10-8-11(18)15(12(19)9-10)22-14-5-2-1-4-13(14)21(27(22,25)26)7-3-6-20-16(23)24/h1-2,4-5,8-9,20,25-26H,3,6-7H2,(H,23,24). The second kappa shape index (κ2) is 7.18. The third-order valence-electron chi connectivity index (χ3n) is 3.91. The first kappa shape index (κ1) is 19.1. The van der Waals surface area contributed by atoms with Gasteiger partial charge in [-0.2, -0.15) is 0 Å². The molecule has 0 atom stereocenters. The van der Waals surface area contributed by atoms with Gasteiger partial charge in [0.25, 0.3) is 0 Å². The highest BCUT2D eigenvalue weighted by molar-refractivity contribution is 8.27. The molecule has 0 fully saturated rings. The van der Waals surface area contributed by atoms with E-state index in [2.05, 4.69) is 5.32 Å². The van der Waals surface area contributed by atoms with E-state index in [9.17, 15) is 27.1 Å². The van der Waals surface area contributed by atoms with Gasteiger partial charge in [0.1, 0.15) is 11.5 Å². The monoisotopic (exact) mass is 403 g/mol. The number of halogens is 3. The van der Waals surface area contributed by atoms with Crippen molar-refractivity contribution in [1.29, 1.82) is 0 Å². The first-order valence-electron chi connectivity index (χ1n) is 7.80. The Bertz CT molecular complexity index is 861. The minimum atomic E-state index is -3.91. The minimum absolute atomic E-state index is 0.000555. The zero-order valence-electron chi connectivity index (χ0n) is 13.8. The molecule has 0 aliphatic carbocycles. The molecule has 146 valence electrons. The Labute approximate surface area is 154 Å². The lowest BCUT2D eigenvalue weighted by Gasteiger charge is -2.43. The summed E-state index contributed by atoms with van der Waals surface area (Å²) < 4.78 is 65.2. The quantitative estimate of drug-likeness (QED) is 0.556. The van der Waals surface area contributed by atoms with E-state index in [0.717, 1.165) is 4.31 Å². The average Bonchev–Trinajstić information content (AvgIpc) is 2.78. The van der Waals surface area contributed by atoms with Gasteiger partial charge >= 0.3 is 6.09 Å². The van der Waals surface area contributed by atoms with Crippen LogP contribution in [0, 0.1) is 17.5 Å². The van der Waals surface area contributed by atoms with Gasteiger partial charge in [0.05, 0.1) is 11.4 Å². The number of rotatable bonds is 5. The lowest BCUT2D eigenvalue weighted by atomic mass is 10.2. The third kappa shape index (κ3) is 3.48. The number of amides is 1. The number of anilines is 3. The smallest absolute Gasteiger partial charge is 0.404 e. The largest absolute Gasteiger partial charge is 0.465 e. The number of carbonyl (C=O) groups is 1. The second-order valence-corrected chi connectivity index (χ2v) is 7.46. The van der Waals surface area contributed by atoms with Gasteiger partial charge in [-0.25, -0.2) is 22.3 Å². The van der Waals surface area contributed by atoms with E-state index in [4.69, 9.17) is 5.11 Å². The molecule has 0 aromatic heterocycles. The first-order chi connectivity index (χ1) is 12.7. The molecule has 2 aromatic rings. The van der Waals surface area contributed by atoms with E-state index < -0.39 is 40.2 Å². The van der Waals surface area contributed by atoms with Gasteiger partial charge in [0.15, 0.2) is 11.6 Å². The number of para-hydroxylation sites is 2. The predicted octanol–water partition coefficient (Wildman–Crippen LogP) is 4.30. The molecule has 3 rings (SSSR count). The maximum atomic E-state index is 14.3. The Morgan fingerprint density at radius 2 is 1.67 bits per heavy atom. The molecule has 7 nitrogen and oxygen atoms in total. The van der Waals surface area contributed by atoms with E-state index in [-0.39, 0.29) is 25.2 Å². The van der Waals surface area contributed by atoms with Gasteiger partial charge in [-0.05, 0) is 29.5 Å². The molecule has 2 aromatic carbocycles. The van der Waals surface area contributed by atoms with E-state index in [1.165, 1.54) is 12.1 Å². The molecule has 0 radical (unpaired) electrons. The van der Waals surface area contributed by atoms with Crippen molar-refractivity contribution in [2.24, 2.45) is 0 Å². The Balaban J connectivity index is 2.00. The molecule has 11 heteroatoms. The molecule has 1 aliphatic heterocycles. The van der Waals surface area contributed by atoms with E-state index in [1.807, 2.05) is 0 Å². The molecule has 0 unspecified atom stereocenters. The molecule has 0 saturated carbocycles. The lowest BCUT2D eigenvalue weighted by molar-refractivity contribution is 0.194. The van der Waals surface area contributed by atoms with Crippen LogP contribution in [-0.4, -0.2) is 33.4 Å². The summed E-state index contributed by atoms with van der Waals surface area (Å²) in [6, 6.07) is 7.05. The summed E-state index contributed by atoms with van der Waals surface area (Å²) in [5.41, 5.74) is -0.348. The van der Waals surface area contributed by atoms with E-state index >= 15 is 0 Å². The van der Waals surface area contributed by atoms with E-state index in [0.29, 0.717) is 22.1 Å². The maximum Gasteiger partial charge on any atom is 0.404 e. The van der Waals surface area contributed by atoms with Gasteiger partial charge in [-0.3, -0.25) is 13.4 Å². The van der Waals surface area contributed by atoms with Crippen LogP contribution in [0.25, 0.3) is 0 Å².